The van der Waals surface area contributed by atoms with E-state index in [4.69, 9.17) is 10.2 Å². The van der Waals surface area contributed by atoms with Gasteiger partial charge in [-0.1, -0.05) is 0 Å². The van der Waals surface area contributed by atoms with Gasteiger partial charge in [0.2, 0.25) is 5.91 Å². The summed E-state index contributed by atoms with van der Waals surface area (Å²) in [6.45, 7) is 2.39. The van der Waals surface area contributed by atoms with Gasteiger partial charge in [0.05, 0.1) is 11.8 Å². The first kappa shape index (κ1) is 23.3. The van der Waals surface area contributed by atoms with Crippen LogP contribution in [0, 0.1) is 11.6 Å². The molecule has 5 nitrogen and oxygen atoms in total. The second kappa shape index (κ2) is 11.0. The highest BCUT2D eigenvalue weighted by atomic mass is 35.5. The van der Waals surface area contributed by atoms with Gasteiger partial charge < -0.3 is 15.5 Å². The first-order valence-electron chi connectivity index (χ1n) is 7.38. The number of oxazole rings is 1. The topological polar surface area (TPSA) is 81.1 Å². The van der Waals surface area contributed by atoms with Crippen molar-refractivity contribution in [2.24, 2.45) is 5.73 Å². The lowest BCUT2D eigenvalue weighted by Crippen LogP contribution is -2.29. The molecular weight excluding hydrogens is 375 g/mol. The van der Waals surface area contributed by atoms with Crippen LogP contribution in [0.4, 0.5) is 8.78 Å². The van der Waals surface area contributed by atoms with Gasteiger partial charge in [0.25, 0.3) is 0 Å². The van der Waals surface area contributed by atoms with E-state index in [-0.39, 0.29) is 54.5 Å². The zero-order chi connectivity index (χ0) is 16.8. The van der Waals surface area contributed by atoms with E-state index in [1.54, 1.807) is 0 Å². The summed E-state index contributed by atoms with van der Waals surface area (Å²) in [5.74, 6) is -0.977. The van der Waals surface area contributed by atoms with E-state index >= 15 is 0 Å². The molecule has 9 heteroatoms. The third-order valence-electron chi connectivity index (χ3n) is 3.24. The molecule has 0 saturated heterocycles. The Balaban J connectivity index is 0.00000288. The van der Waals surface area contributed by atoms with Gasteiger partial charge in [-0.15, -0.1) is 24.8 Å². The van der Waals surface area contributed by atoms with E-state index in [2.05, 4.69) is 10.3 Å². The number of aromatic nitrogens is 1. The van der Waals surface area contributed by atoms with E-state index in [0.29, 0.717) is 25.3 Å². The highest BCUT2D eigenvalue weighted by Crippen LogP contribution is 2.24. The summed E-state index contributed by atoms with van der Waals surface area (Å²) in [5, 5.41) is 2.75. The van der Waals surface area contributed by atoms with Crippen molar-refractivity contribution in [1.29, 1.82) is 0 Å². The molecule has 1 amide bonds. The SMILES string of the molecule is CC(N)CCNC(=O)CCc1ncc(-c2ccc(F)cc2F)o1.Cl.Cl. The quantitative estimate of drug-likeness (QED) is 0.753. The maximum Gasteiger partial charge on any atom is 0.220 e. The predicted octanol–water partition coefficient (Wildman–Crippen LogP) is 3.25. The molecule has 3 N–H and O–H groups in total. The van der Waals surface area contributed by atoms with Gasteiger partial charge in [0.15, 0.2) is 11.7 Å². The molecule has 140 valence electrons. The van der Waals surface area contributed by atoms with Gasteiger partial charge >= 0.3 is 0 Å². The normalized spacial score (nSPS) is 11.2. The molecule has 1 aromatic carbocycles. The number of carbonyl (C=O) groups excluding carboxylic acids is 1. The van der Waals surface area contributed by atoms with Crippen LogP contribution in [0.5, 0.6) is 0 Å². The highest BCUT2D eigenvalue weighted by molar-refractivity contribution is 5.85. The molecule has 0 saturated carbocycles. The van der Waals surface area contributed by atoms with Gasteiger partial charge in [-0.05, 0) is 25.5 Å². The van der Waals surface area contributed by atoms with E-state index in [9.17, 15) is 13.6 Å². The van der Waals surface area contributed by atoms with Crippen LogP contribution < -0.4 is 11.1 Å². The zero-order valence-electron chi connectivity index (χ0n) is 13.6. The lowest BCUT2D eigenvalue weighted by atomic mass is 10.2. The number of nitrogens with two attached hydrogens (primary N) is 1. The average Bonchev–Trinajstić information content (AvgIpc) is 2.93. The van der Waals surface area contributed by atoms with Crippen molar-refractivity contribution >= 4 is 30.7 Å². The Morgan fingerprint density at radius 3 is 2.72 bits per heavy atom. The standard InChI is InChI=1S/C16H19F2N3O2.2ClH/c1-10(19)6-7-20-15(22)4-5-16-21-9-14(23-16)12-3-2-11(17)8-13(12)18;;/h2-3,8-10H,4-7,19H2,1H3,(H,20,22);2*1H. The van der Waals surface area contributed by atoms with Crippen molar-refractivity contribution in [1.82, 2.24) is 10.3 Å². The smallest absolute Gasteiger partial charge is 0.220 e. The summed E-state index contributed by atoms with van der Waals surface area (Å²) < 4.78 is 32.0. The number of aryl methyl sites for hydroxylation is 1. The number of halogens is 4. The number of amides is 1. The minimum absolute atomic E-state index is 0. The van der Waals surface area contributed by atoms with Crippen molar-refractivity contribution in [3.8, 4) is 11.3 Å². The number of nitrogens with one attached hydrogen (secondary N) is 1. The van der Waals surface area contributed by atoms with E-state index in [0.717, 1.165) is 12.1 Å². The molecule has 0 fully saturated rings. The molecule has 0 aliphatic rings. The van der Waals surface area contributed by atoms with Crippen molar-refractivity contribution < 1.29 is 18.0 Å². The van der Waals surface area contributed by atoms with Crippen LogP contribution in [0.15, 0.2) is 28.8 Å². The second-order valence-electron chi connectivity index (χ2n) is 5.36. The van der Waals surface area contributed by atoms with Crippen molar-refractivity contribution in [3.63, 3.8) is 0 Å². The molecule has 2 aromatic rings. The minimum atomic E-state index is -0.721. The van der Waals surface area contributed by atoms with Crippen molar-refractivity contribution in [3.05, 3.63) is 41.9 Å². The van der Waals surface area contributed by atoms with Gasteiger partial charge in [0, 0.05) is 31.5 Å². The number of hydrogen-bond donors (Lipinski definition) is 2. The van der Waals surface area contributed by atoms with E-state index in [1.165, 1.54) is 12.3 Å². The van der Waals surface area contributed by atoms with Crippen LogP contribution in [0.2, 0.25) is 0 Å². The zero-order valence-corrected chi connectivity index (χ0v) is 15.3. The van der Waals surface area contributed by atoms with Gasteiger partial charge in [-0.2, -0.15) is 0 Å². The van der Waals surface area contributed by atoms with E-state index < -0.39 is 11.6 Å². The third kappa shape index (κ3) is 7.37. The van der Waals surface area contributed by atoms with Crippen LogP contribution >= 0.6 is 24.8 Å². The molecular formula is C16H21Cl2F2N3O2. The largest absolute Gasteiger partial charge is 0.441 e. The summed E-state index contributed by atoms with van der Waals surface area (Å²) in [6.07, 6.45) is 2.58. The lowest BCUT2D eigenvalue weighted by molar-refractivity contribution is -0.121. The fraction of sp³-hybridized carbons (Fsp3) is 0.375. The second-order valence-corrected chi connectivity index (χ2v) is 5.36. The molecule has 1 unspecified atom stereocenters. The highest BCUT2D eigenvalue weighted by Gasteiger charge is 2.13. The molecule has 25 heavy (non-hydrogen) atoms. The van der Waals surface area contributed by atoms with Crippen molar-refractivity contribution in [2.45, 2.75) is 32.2 Å². The number of nitrogens with zero attached hydrogens (tertiary/aromatic N) is 1. The average molecular weight is 396 g/mol. The van der Waals surface area contributed by atoms with Crippen LogP contribution in [0.1, 0.15) is 25.7 Å². The monoisotopic (exact) mass is 395 g/mol. The maximum atomic E-state index is 13.7. The Kier molecular flexibility index (Phi) is 10.3. The van der Waals surface area contributed by atoms with Gasteiger partial charge in [-0.25, -0.2) is 13.8 Å². The summed E-state index contributed by atoms with van der Waals surface area (Å²) in [4.78, 5) is 15.7. The predicted molar refractivity (Wildman–Crippen MR) is 95.9 cm³/mol. The van der Waals surface area contributed by atoms with Gasteiger partial charge in [0.1, 0.15) is 11.6 Å². The molecule has 0 aliphatic heterocycles. The number of hydrogen-bond acceptors (Lipinski definition) is 4. The Labute approximate surface area is 157 Å². The molecule has 1 atom stereocenters. The fourth-order valence-corrected chi connectivity index (χ4v) is 1.99. The maximum absolute atomic E-state index is 13.7. The first-order chi connectivity index (χ1) is 11.0. The molecule has 1 heterocycles. The minimum Gasteiger partial charge on any atom is -0.441 e. The summed E-state index contributed by atoms with van der Waals surface area (Å²) in [6, 6.07) is 3.25. The fourth-order valence-electron chi connectivity index (χ4n) is 1.99. The number of carbonyl (C=O) groups is 1. The Morgan fingerprint density at radius 2 is 2.08 bits per heavy atom. The number of rotatable bonds is 7. The van der Waals surface area contributed by atoms with Crippen LogP contribution in [-0.2, 0) is 11.2 Å². The molecule has 0 bridgehead atoms. The lowest BCUT2D eigenvalue weighted by Gasteiger charge is -2.06. The number of benzene rings is 1. The molecule has 0 radical (unpaired) electrons. The third-order valence-corrected chi connectivity index (χ3v) is 3.24. The van der Waals surface area contributed by atoms with Crippen LogP contribution in [0.3, 0.4) is 0 Å². The van der Waals surface area contributed by atoms with E-state index in [1.807, 2.05) is 6.92 Å². The Morgan fingerprint density at radius 1 is 1.36 bits per heavy atom. The van der Waals surface area contributed by atoms with Gasteiger partial charge in [-0.3, -0.25) is 4.79 Å². The Bertz CT molecular complexity index is 681. The summed E-state index contributed by atoms with van der Waals surface area (Å²) in [5.41, 5.74) is 5.72. The molecule has 1 aromatic heterocycles. The molecule has 0 aliphatic carbocycles. The van der Waals surface area contributed by atoms with Crippen molar-refractivity contribution in [2.75, 3.05) is 6.54 Å². The summed E-state index contributed by atoms with van der Waals surface area (Å²) in [7, 11) is 0. The molecule has 0 spiro atoms. The Hall–Kier alpha value is -1.70. The van der Waals surface area contributed by atoms with Crippen LogP contribution in [0.25, 0.3) is 11.3 Å². The van der Waals surface area contributed by atoms with Crippen LogP contribution in [-0.4, -0.2) is 23.5 Å². The summed E-state index contributed by atoms with van der Waals surface area (Å²) >= 11 is 0. The molecule has 2 rings (SSSR count). The first-order valence-corrected chi connectivity index (χ1v) is 7.38.